The highest BCUT2D eigenvalue weighted by molar-refractivity contribution is 5.99. The van der Waals surface area contributed by atoms with Crippen LogP contribution in [0.3, 0.4) is 0 Å². The maximum Gasteiger partial charge on any atom is 0.417 e. The molecule has 4 bridgehead atoms. The van der Waals surface area contributed by atoms with E-state index in [1.54, 1.807) is 0 Å². The largest absolute Gasteiger partial charge is 0.490 e. The predicted octanol–water partition coefficient (Wildman–Crippen LogP) is 7.32. The lowest BCUT2D eigenvalue weighted by Gasteiger charge is -2.68. The van der Waals surface area contributed by atoms with E-state index in [1.807, 2.05) is 0 Å². The number of carbonyl (C=O) groups is 4. The minimum Gasteiger partial charge on any atom is -0.490 e. The molecule has 0 spiro atoms. The summed E-state index contributed by atoms with van der Waals surface area (Å²) in [5.41, 5.74) is -1.14. The average Bonchev–Trinajstić information content (AvgIpc) is 3.18. The van der Waals surface area contributed by atoms with Gasteiger partial charge in [-0.2, -0.15) is 35.1 Å². The first-order chi connectivity index (χ1) is 30.3. The van der Waals surface area contributed by atoms with Crippen LogP contribution in [0.1, 0.15) is 70.4 Å². The number of pyridine rings is 2. The van der Waals surface area contributed by atoms with Crippen LogP contribution in [0.2, 0.25) is 0 Å². The number of amides is 3. The van der Waals surface area contributed by atoms with Crippen LogP contribution in [0.15, 0.2) is 48.8 Å². The lowest BCUT2D eigenvalue weighted by Crippen LogP contribution is -2.78. The summed E-state index contributed by atoms with van der Waals surface area (Å²) < 4.78 is 159. The number of hydrogen-bond donors (Lipinski definition) is 3. The lowest BCUT2D eigenvalue weighted by atomic mass is 9.39. The summed E-state index contributed by atoms with van der Waals surface area (Å²) >= 11 is 0. The van der Waals surface area contributed by atoms with Crippen molar-refractivity contribution in [3.8, 4) is 34.8 Å². The number of benzene rings is 2. The molecule has 65 heavy (non-hydrogen) atoms. The van der Waals surface area contributed by atoms with Crippen LogP contribution >= 0.6 is 0 Å². The zero-order valence-corrected chi connectivity index (χ0v) is 33.8. The summed E-state index contributed by atoms with van der Waals surface area (Å²) in [6.45, 7) is 0. The molecule has 2 aromatic heterocycles. The van der Waals surface area contributed by atoms with Gasteiger partial charge in [0.15, 0.2) is 23.1 Å². The standard InChI is InChI=1S/C21H17F5N2O5.C20H16F5N3O4/c1-31-15-13(4-3-12(22)14(15)23)33-17-11(5-10(6-27-17)21(24,25)26)16(29)28-20-7-19(8-20,9-20)18(30)32-2;1-31-14-12(3-2-11(21)13(14)22)32-16-10(4-9(5-27-16)20(23,24)25)15(29)28-19-6-18(7-19,8-19)17(26)30/h3-6H,7-9H2,1-2H3,(H,28,29);2-5H,6-8H2,1H3,(H2,26,30)(H,28,29). The second-order valence-electron chi connectivity index (χ2n) is 16.1. The normalized spacial score (nSPS) is 23.3. The Morgan fingerprint density at radius 1 is 0.615 bits per heavy atom. The van der Waals surface area contributed by atoms with Gasteiger partial charge in [-0.3, -0.25) is 19.2 Å². The summed E-state index contributed by atoms with van der Waals surface area (Å²) in [6.07, 6.45) is -7.00. The van der Waals surface area contributed by atoms with E-state index < -0.39 is 138 Å². The van der Waals surface area contributed by atoms with Gasteiger partial charge in [0.25, 0.3) is 11.8 Å². The number of primary amides is 1. The number of nitrogens with one attached hydrogen (secondary N) is 2. The van der Waals surface area contributed by atoms with Gasteiger partial charge in [0, 0.05) is 23.5 Å². The Morgan fingerprint density at radius 3 is 1.31 bits per heavy atom. The van der Waals surface area contributed by atoms with Crippen LogP contribution in [-0.2, 0) is 26.7 Å². The molecule has 0 saturated heterocycles. The van der Waals surface area contributed by atoms with E-state index in [-0.39, 0.29) is 38.5 Å². The van der Waals surface area contributed by atoms with Crippen molar-refractivity contribution in [2.24, 2.45) is 16.6 Å². The zero-order chi connectivity index (χ0) is 47.7. The Kier molecular flexibility index (Phi) is 11.3. The van der Waals surface area contributed by atoms with E-state index in [4.69, 9.17) is 29.4 Å². The highest BCUT2D eigenvalue weighted by Gasteiger charge is 2.73. The Morgan fingerprint density at radius 2 is 0.985 bits per heavy atom. The lowest BCUT2D eigenvalue weighted by molar-refractivity contribution is -0.199. The number of esters is 1. The van der Waals surface area contributed by atoms with Crippen molar-refractivity contribution in [1.29, 1.82) is 0 Å². The molecule has 0 atom stereocenters. The highest BCUT2D eigenvalue weighted by atomic mass is 19.4. The highest BCUT2D eigenvalue weighted by Crippen LogP contribution is 2.68. The molecule has 14 nitrogen and oxygen atoms in total. The van der Waals surface area contributed by atoms with E-state index in [2.05, 4.69) is 20.6 Å². The summed E-state index contributed by atoms with van der Waals surface area (Å²) in [6, 6.07) is 4.51. The molecule has 6 aliphatic carbocycles. The molecule has 24 heteroatoms. The third-order valence-corrected chi connectivity index (χ3v) is 11.7. The second-order valence-corrected chi connectivity index (χ2v) is 16.1. The van der Waals surface area contributed by atoms with Crippen LogP contribution in [0, 0.1) is 34.1 Å². The summed E-state index contributed by atoms with van der Waals surface area (Å²) in [7, 11) is 3.33. The van der Waals surface area contributed by atoms with E-state index >= 15 is 0 Å². The van der Waals surface area contributed by atoms with Gasteiger partial charge in [-0.15, -0.1) is 0 Å². The van der Waals surface area contributed by atoms with E-state index in [0.717, 1.165) is 38.5 Å². The van der Waals surface area contributed by atoms with Crippen LogP contribution in [-0.4, -0.2) is 66.1 Å². The number of halogens is 10. The SMILES string of the molecule is COC(=O)C12CC(NC(=O)c3cc(C(F)(F)F)cnc3Oc3ccc(F)c(F)c3OC)(C1)C2.COc1c(Oc2ncc(C(F)(F)F)cc2C(=O)NC23CC(C(N)=O)(C2)C3)ccc(F)c1F. The molecule has 3 amide bonds. The molecule has 2 aromatic carbocycles. The topological polar surface area (TPSA) is 190 Å². The zero-order valence-electron chi connectivity index (χ0n) is 33.8. The molecule has 0 radical (unpaired) electrons. The van der Waals surface area contributed by atoms with Gasteiger partial charge in [0.05, 0.1) is 43.3 Å². The molecule has 10 rings (SSSR count). The quantitative estimate of drug-likeness (QED) is 0.0954. The maximum absolute atomic E-state index is 14.0. The predicted molar refractivity (Wildman–Crippen MR) is 199 cm³/mol. The average molecular weight is 930 g/mol. The maximum atomic E-state index is 14.0. The molecular weight excluding hydrogens is 896 g/mol. The number of nitrogens with zero attached hydrogens (tertiary/aromatic N) is 2. The molecular formula is C41H33F10N5O9. The molecule has 0 unspecified atom stereocenters. The first-order valence-corrected chi connectivity index (χ1v) is 18.9. The number of hydrogen-bond acceptors (Lipinski definition) is 11. The van der Waals surface area contributed by atoms with Gasteiger partial charge >= 0.3 is 18.3 Å². The van der Waals surface area contributed by atoms with Crippen LogP contribution in [0.4, 0.5) is 43.9 Å². The fourth-order valence-corrected chi connectivity index (χ4v) is 8.63. The molecule has 4 aromatic rings. The van der Waals surface area contributed by atoms with Crippen LogP contribution in [0.5, 0.6) is 34.8 Å². The monoisotopic (exact) mass is 929 g/mol. The number of carbonyl (C=O) groups excluding carboxylic acids is 4. The van der Waals surface area contributed by atoms with Crippen LogP contribution < -0.4 is 35.3 Å². The van der Waals surface area contributed by atoms with Gasteiger partial charge in [-0.05, 0) is 74.9 Å². The summed E-state index contributed by atoms with van der Waals surface area (Å²) in [5.74, 6) is -11.2. The van der Waals surface area contributed by atoms with Crippen molar-refractivity contribution in [2.45, 2.75) is 62.0 Å². The Labute approximate surface area is 359 Å². The fourth-order valence-electron chi connectivity index (χ4n) is 8.63. The molecule has 2 heterocycles. The fraction of sp³-hybridized carbons (Fsp3) is 0.366. The van der Waals surface area contributed by atoms with Gasteiger partial charge in [0.1, 0.15) is 11.1 Å². The Balaban J connectivity index is 0.000000194. The minimum atomic E-state index is -4.80. The molecule has 4 N–H and O–H groups in total. The smallest absolute Gasteiger partial charge is 0.417 e. The van der Waals surface area contributed by atoms with Gasteiger partial charge in [-0.1, -0.05) is 0 Å². The van der Waals surface area contributed by atoms with Gasteiger partial charge in [-0.25, -0.2) is 18.7 Å². The van der Waals surface area contributed by atoms with Crippen molar-refractivity contribution >= 4 is 23.7 Å². The first kappa shape index (κ1) is 46.1. The van der Waals surface area contributed by atoms with Crippen molar-refractivity contribution in [1.82, 2.24) is 20.6 Å². The number of alkyl halides is 6. The second kappa shape index (κ2) is 16.0. The summed E-state index contributed by atoms with van der Waals surface area (Å²) in [4.78, 5) is 56.2. The number of methoxy groups -OCH3 is 3. The van der Waals surface area contributed by atoms with Crippen molar-refractivity contribution in [3.05, 3.63) is 94.3 Å². The number of ether oxygens (including phenoxy) is 5. The molecule has 6 fully saturated rings. The minimum absolute atomic E-state index is 0.278. The molecule has 6 aliphatic rings. The molecule has 0 aliphatic heterocycles. The van der Waals surface area contributed by atoms with Crippen molar-refractivity contribution < 1.29 is 86.8 Å². The third-order valence-electron chi connectivity index (χ3n) is 11.7. The van der Waals surface area contributed by atoms with E-state index in [9.17, 15) is 63.1 Å². The Bertz CT molecular complexity index is 2600. The van der Waals surface area contributed by atoms with Gasteiger partial charge in [0.2, 0.25) is 40.8 Å². The summed E-state index contributed by atoms with van der Waals surface area (Å²) in [5, 5.41) is 5.24. The van der Waals surface area contributed by atoms with Crippen molar-refractivity contribution in [3.63, 3.8) is 0 Å². The number of aromatic nitrogens is 2. The van der Waals surface area contributed by atoms with E-state index in [1.165, 1.54) is 7.11 Å². The van der Waals surface area contributed by atoms with E-state index in [0.29, 0.717) is 24.5 Å². The number of nitrogens with two attached hydrogens (primary N) is 1. The molecule has 346 valence electrons. The first-order valence-electron chi connectivity index (χ1n) is 18.9. The van der Waals surface area contributed by atoms with Gasteiger partial charge < -0.3 is 40.1 Å². The van der Waals surface area contributed by atoms with Crippen molar-refractivity contribution in [2.75, 3.05) is 21.3 Å². The molecule has 6 saturated carbocycles. The van der Waals surface area contributed by atoms with Crippen LogP contribution in [0.25, 0.3) is 0 Å². The third kappa shape index (κ3) is 8.24. The number of rotatable bonds is 12. The Hall–Kier alpha value is -6.88.